The molecule has 1 amide bonds. The van der Waals surface area contributed by atoms with Gasteiger partial charge in [0.15, 0.2) is 5.65 Å². The average molecular weight is 417 g/mol. The van der Waals surface area contributed by atoms with Crippen LogP contribution in [0.25, 0.3) is 11.3 Å². The van der Waals surface area contributed by atoms with Gasteiger partial charge in [-0.05, 0) is 63.9 Å². The number of hydrogen-bond acceptors (Lipinski definition) is 4. The first-order valence-electron chi connectivity index (χ1n) is 10.3. The van der Waals surface area contributed by atoms with Crippen LogP contribution in [0.2, 0.25) is 0 Å². The Hall–Kier alpha value is -3.61. The molecule has 0 unspecified atom stereocenters. The highest BCUT2D eigenvalue weighted by molar-refractivity contribution is 6.05. The Morgan fingerprint density at radius 1 is 0.935 bits per heavy atom. The smallest absolute Gasteiger partial charge is 0.258 e. The predicted molar refractivity (Wildman–Crippen MR) is 125 cm³/mol. The van der Waals surface area contributed by atoms with Crippen LogP contribution in [-0.2, 0) is 0 Å². The highest BCUT2D eigenvalue weighted by Gasteiger charge is 2.19. The molecular weight excluding hydrogens is 388 g/mol. The van der Waals surface area contributed by atoms with E-state index in [-0.39, 0.29) is 5.91 Å². The molecule has 0 aliphatic heterocycles. The molecule has 1 aromatic carbocycles. The first kappa shape index (κ1) is 20.7. The normalized spacial score (nSPS) is 11.2. The van der Waals surface area contributed by atoms with Gasteiger partial charge in [-0.3, -0.25) is 4.79 Å². The highest BCUT2D eigenvalue weighted by Crippen LogP contribution is 2.24. The second-order valence-electron chi connectivity index (χ2n) is 8.37. The number of fused-ring (bicyclic) bond motifs is 1. The van der Waals surface area contributed by atoms with E-state index in [1.165, 1.54) is 11.1 Å². The number of amides is 1. The number of carbonyl (C=O) groups is 1. The number of anilines is 2. The van der Waals surface area contributed by atoms with Gasteiger partial charge < -0.3 is 14.8 Å². The van der Waals surface area contributed by atoms with E-state index in [4.69, 9.17) is 0 Å². The Morgan fingerprint density at radius 2 is 1.61 bits per heavy atom. The van der Waals surface area contributed by atoms with E-state index in [1.54, 1.807) is 4.52 Å². The number of benzene rings is 1. The molecule has 0 aliphatic rings. The van der Waals surface area contributed by atoms with Crippen molar-refractivity contribution in [3.8, 4) is 5.69 Å². The lowest BCUT2D eigenvalue weighted by Crippen LogP contribution is -2.18. The van der Waals surface area contributed by atoms with Crippen LogP contribution in [0.15, 0.2) is 36.4 Å². The zero-order valence-corrected chi connectivity index (χ0v) is 19.1. The molecule has 0 atom stereocenters. The molecule has 0 spiro atoms. The van der Waals surface area contributed by atoms with Crippen LogP contribution in [0.3, 0.4) is 0 Å². The second kappa shape index (κ2) is 7.58. The Bertz CT molecular complexity index is 1290. The molecule has 0 saturated carbocycles. The monoisotopic (exact) mass is 416 g/mol. The van der Waals surface area contributed by atoms with Gasteiger partial charge in [0.2, 0.25) is 0 Å². The lowest BCUT2D eigenvalue weighted by Gasteiger charge is -2.15. The third kappa shape index (κ3) is 3.79. The largest absolute Gasteiger partial charge is 0.363 e. The maximum absolute atomic E-state index is 13.2. The summed E-state index contributed by atoms with van der Waals surface area (Å²) in [6.45, 7) is 10.1. The Kier molecular flexibility index (Phi) is 5.05. The van der Waals surface area contributed by atoms with Gasteiger partial charge in [0.25, 0.3) is 5.91 Å². The van der Waals surface area contributed by atoms with E-state index >= 15 is 0 Å². The highest BCUT2D eigenvalue weighted by atomic mass is 16.1. The van der Waals surface area contributed by atoms with Gasteiger partial charge in [-0.25, -0.2) is 4.98 Å². The molecule has 0 bridgehead atoms. The maximum Gasteiger partial charge on any atom is 0.258 e. The van der Waals surface area contributed by atoms with E-state index in [9.17, 15) is 4.79 Å². The number of nitrogens with one attached hydrogen (secondary N) is 1. The number of carbonyl (C=O) groups excluding carboxylic acids is 1. The minimum atomic E-state index is -0.179. The Balaban J connectivity index is 1.71. The summed E-state index contributed by atoms with van der Waals surface area (Å²) in [7, 11) is 3.88. The molecule has 0 aliphatic carbocycles. The maximum atomic E-state index is 13.2. The molecule has 3 aromatic heterocycles. The fourth-order valence-electron chi connectivity index (χ4n) is 4.11. The summed E-state index contributed by atoms with van der Waals surface area (Å²) < 4.78 is 3.90. The lowest BCUT2D eigenvalue weighted by atomic mass is 10.1. The second-order valence-corrected chi connectivity index (χ2v) is 8.37. The van der Waals surface area contributed by atoms with Crippen molar-refractivity contribution >= 4 is 23.2 Å². The van der Waals surface area contributed by atoms with Crippen LogP contribution >= 0.6 is 0 Å². The molecule has 3 heterocycles. The third-order valence-electron chi connectivity index (χ3n) is 5.37. The fourth-order valence-corrected chi connectivity index (χ4v) is 4.11. The van der Waals surface area contributed by atoms with Gasteiger partial charge in [0.1, 0.15) is 11.6 Å². The quantitative estimate of drug-likeness (QED) is 0.536. The third-order valence-corrected chi connectivity index (χ3v) is 5.37. The molecule has 7 nitrogen and oxygen atoms in total. The van der Waals surface area contributed by atoms with E-state index in [0.717, 1.165) is 28.6 Å². The first-order chi connectivity index (χ1) is 14.6. The standard InChI is InChI=1S/C24H28N6O/c1-14-8-15(2)10-19(9-14)29-17(4)12-20(18(29)5)24(31)26-21-13-23(28(6)7)30-22(25-21)11-16(3)27-30/h8-13H,1-7H3,(H,25,26,31). The number of aromatic nitrogens is 4. The SMILES string of the molecule is Cc1cc(C)cc(-n2c(C)cc(C(=O)Nc3cc(N(C)C)n4nc(C)cc4n3)c2C)c1. The summed E-state index contributed by atoms with van der Waals surface area (Å²) in [4.78, 5) is 19.7. The van der Waals surface area contributed by atoms with Gasteiger partial charge in [0.05, 0.1) is 11.3 Å². The van der Waals surface area contributed by atoms with Crippen LogP contribution in [-0.4, -0.2) is 39.2 Å². The summed E-state index contributed by atoms with van der Waals surface area (Å²) in [5, 5.41) is 7.47. The minimum absolute atomic E-state index is 0.179. The van der Waals surface area contributed by atoms with Crippen molar-refractivity contribution in [2.24, 2.45) is 0 Å². The summed E-state index contributed by atoms with van der Waals surface area (Å²) >= 11 is 0. The van der Waals surface area contributed by atoms with Crippen LogP contribution in [0.4, 0.5) is 11.6 Å². The topological polar surface area (TPSA) is 67.5 Å². The van der Waals surface area contributed by atoms with Crippen molar-refractivity contribution in [3.05, 3.63) is 70.2 Å². The van der Waals surface area contributed by atoms with E-state index in [1.807, 2.05) is 58.0 Å². The van der Waals surface area contributed by atoms with Crippen molar-refractivity contribution in [2.45, 2.75) is 34.6 Å². The summed E-state index contributed by atoms with van der Waals surface area (Å²) in [5.74, 6) is 1.16. The van der Waals surface area contributed by atoms with Gasteiger partial charge >= 0.3 is 0 Å². The van der Waals surface area contributed by atoms with Crippen LogP contribution < -0.4 is 10.2 Å². The summed E-state index contributed by atoms with van der Waals surface area (Å²) in [6, 6.07) is 12.1. The van der Waals surface area contributed by atoms with Crippen molar-refractivity contribution < 1.29 is 4.79 Å². The van der Waals surface area contributed by atoms with Crippen molar-refractivity contribution in [1.29, 1.82) is 0 Å². The molecule has 1 N–H and O–H groups in total. The molecule has 31 heavy (non-hydrogen) atoms. The fraction of sp³-hybridized carbons (Fsp3) is 0.292. The number of aryl methyl sites for hydroxylation is 4. The molecule has 0 fully saturated rings. The van der Waals surface area contributed by atoms with E-state index in [2.05, 4.69) is 52.0 Å². The number of nitrogens with zero attached hydrogens (tertiary/aromatic N) is 5. The van der Waals surface area contributed by atoms with Crippen LogP contribution in [0.5, 0.6) is 0 Å². The number of hydrogen-bond donors (Lipinski definition) is 1. The Labute approximate surface area is 182 Å². The summed E-state index contributed by atoms with van der Waals surface area (Å²) in [5.41, 5.74) is 7.56. The first-order valence-corrected chi connectivity index (χ1v) is 10.3. The molecule has 7 heteroatoms. The van der Waals surface area contributed by atoms with Crippen molar-refractivity contribution in [1.82, 2.24) is 19.2 Å². The lowest BCUT2D eigenvalue weighted by molar-refractivity contribution is 0.102. The Morgan fingerprint density at radius 3 is 2.26 bits per heavy atom. The average Bonchev–Trinajstić information content (AvgIpc) is 3.18. The molecule has 4 aromatic rings. The molecule has 0 saturated heterocycles. The zero-order valence-electron chi connectivity index (χ0n) is 19.1. The summed E-state index contributed by atoms with van der Waals surface area (Å²) in [6.07, 6.45) is 0. The van der Waals surface area contributed by atoms with Gasteiger partial charge in [-0.1, -0.05) is 6.07 Å². The van der Waals surface area contributed by atoms with Crippen LogP contribution in [0, 0.1) is 34.6 Å². The van der Waals surface area contributed by atoms with Gasteiger partial charge in [-0.2, -0.15) is 9.61 Å². The van der Waals surface area contributed by atoms with E-state index in [0.29, 0.717) is 17.0 Å². The van der Waals surface area contributed by atoms with Crippen molar-refractivity contribution in [3.63, 3.8) is 0 Å². The van der Waals surface area contributed by atoms with Gasteiger partial charge in [-0.15, -0.1) is 0 Å². The molecule has 0 radical (unpaired) electrons. The zero-order chi connectivity index (χ0) is 22.4. The minimum Gasteiger partial charge on any atom is -0.363 e. The molecule has 4 rings (SSSR count). The van der Waals surface area contributed by atoms with Crippen molar-refractivity contribution in [2.75, 3.05) is 24.3 Å². The van der Waals surface area contributed by atoms with E-state index < -0.39 is 0 Å². The molecule has 160 valence electrons. The molecular formula is C24H28N6O. The van der Waals surface area contributed by atoms with Crippen LogP contribution in [0.1, 0.15) is 38.6 Å². The number of rotatable bonds is 4. The predicted octanol–water partition coefficient (Wildman–Crippen LogP) is 4.38. The van der Waals surface area contributed by atoms with Gasteiger partial charge in [0, 0.05) is 43.3 Å².